The van der Waals surface area contributed by atoms with E-state index in [0.717, 1.165) is 44.3 Å². The fourth-order valence-corrected chi connectivity index (χ4v) is 5.24. The Morgan fingerprint density at radius 2 is 1.61 bits per heavy atom. The maximum Gasteiger partial charge on any atom is 0.216 e. The summed E-state index contributed by atoms with van der Waals surface area (Å²) in [6.45, 7) is 6.46. The third kappa shape index (κ3) is 2.82. The Labute approximate surface area is 192 Å². The van der Waals surface area contributed by atoms with Crippen molar-refractivity contribution in [3.63, 3.8) is 0 Å². The van der Waals surface area contributed by atoms with Crippen molar-refractivity contribution in [3.8, 4) is 22.4 Å². The normalized spacial score (nSPS) is 14.3. The summed E-state index contributed by atoms with van der Waals surface area (Å²) in [4.78, 5) is 0. The number of halogens is 1. The molecular weight excluding hydrogens is 409 g/mol. The predicted molar refractivity (Wildman–Crippen MR) is 133 cm³/mol. The summed E-state index contributed by atoms with van der Waals surface area (Å²) in [6.07, 6.45) is 6.34. The van der Waals surface area contributed by atoms with E-state index >= 15 is 4.39 Å². The van der Waals surface area contributed by atoms with Crippen LogP contribution >= 0.6 is 0 Å². The third-order valence-electron chi connectivity index (χ3n) is 7.01. The van der Waals surface area contributed by atoms with Crippen LogP contribution in [0, 0.1) is 12.7 Å². The number of aromatic nitrogens is 1. The van der Waals surface area contributed by atoms with Crippen molar-refractivity contribution in [2.75, 3.05) is 0 Å². The van der Waals surface area contributed by atoms with E-state index in [1.54, 1.807) is 6.07 Å². The molecule has 0 N–H and O–H groups in total. The van der Waals surface area contributed by atoms with Crippen LogP contribution in [-0.2, 0) is 12.5 Å². The number of pyridine rings is 1. The predicted octanol–water partition coefficient (Wildman–Crippen LogP) is 7.50. The zero-order valence-electron chi connectivity index (χ0n) is 19.2. The molecule has 0 radical (unpaired) electrons. The monoisotopic (exact) mass is 434 g/mol. The highest BCUT2D eigenvalue weighted by atomic mass is 19.1. The number of allylic oxidation sites excluding steroid dienone is 1. The van der Waals surface area contributed by atoms with E-state index in [1.807, 2.05) is 43.6 Å². The number of rotatable bonds is 2. The molecule has 0 aliphatic heterocycles. The van der Waals surface area contributed by atoms with Crippen molar-refractivity contribution in [2.45, 2.75) is 26.2 Å². The van der Waals surface area contributed by atoms with E-state index < -0.39 is 0 Å². The van der Waals surface area contributed by atoms with E-state index in [2.05, 4.69) is 61.8 Å². The van der Waals surface area contributed by atoms with Gasteiger partial charge in [-0.1, -0.05) is 56.3 Å². The Kier molecular flexibility index (Phi) is 4.16. The van der Waals surface area contributed by atoms with Gasteiger partial charge in [0.1, 0.15) is 24.0 Å². The maximum absolute atomic E-state index is 15.5. The molecule has 0 spiro atoms. The molecular formula is C30H25FNO+. The molecule has 3 heteroatoms. The first-order valence-electron chi connectivity index (χ1n) is 11.3. The summed E-state index contributed by atoms with van der Waals surface area (Å²) in [5.41, 5.74) is 8.23. The Bertz CT molecular complexity index is 1620. The van der Waals surface area contributed by atoms with E-state index in [9.17, 15) is 0 Å². The SMILES string of the molecule is Cc1ccc2c(oc3c(-c4cccc5c4C=CC5(C)C)c(F)ccc32)c1-c1cccc[n+]1C. The minimum Gasteiger partial charge on any atom is -0.454 e. The van der Waals surface area contributed by atoms with E-state index in [4.69, 9.17) is 4.42 Å². The smallest absolute Gasteiger partial charge is 0.216 e. The van der Waals surface area contributed by atoms with Crippen LogP contribution in [0.15, 0.2) is 77.4 Å². The molecule has 1 aliphatic carbocycles. The largest absolute Gasteiger partial charge is 0.454 e. The van der Waals surface area contributed by atoms with Gasteiger partial charge in [-0.15, -0.1) is 0 Å². The second-order valence-electron chi connectivity index (χ2n) is 9.55. The van der Waals surface area contributed by atoms with Crippen LogP contribution in [-0.4, -0.2) is 0 Å². The van der Waals surface area contributed by atoms with Gasteiger partial charge in [0.15, 0.2) is 6.20 Å². The van der Waals surface area contributed by atoms with Gasteiger partial charge in [0, 0.05) is 28.3 Å². The van der Waals surface area contributed by atoms with Gasteiger partial charge in [-0.2, -0.15) is 0 Å². The number of furan rings is 1. The minimum absolute atomic E-state index is 0.0735. The van der Waals surface area contributed by atoms with Crippen LogP contribution in [0.2, 0.25) is 0 Å². The van der Waals surface area contributed by atoms with E-state index in [0.29, 0.717) is 11.1 Å². The summed E-state index contributed by atoms with van der Waals surface area (Å²) in [6, 6.07) is 19.9. The van der Waals surface area contributed by atoms with Gasteiger partial charge in [-0.25, -0.2) is 8.96 Å². The summed E-state index contributed by atoms with van der Waals surface area (Å²) < 4.78 is 24.1. The molecule has 0 fully saturated rings. The number of benzene rings is 3. The number of aryl methyl sites for hydroxylation is 2. The van der Waals surface area contributed by atoms with Crippen molar-refractivity contribution in [3.05, 3.63) is 95.4 Å². The Morgan fingerprint density at radius 1 is 0.848 bits per heavy atom. The first-order valence-corrected chi connectivity index (χ1v) is 11.3. The van der Waals surface area contributed by atoms with Gasteiger partial charge >= 0.3 is 0 Å². The molecule has 0 unspecified atom stereocenters. The van der Waals surface area contributed by atoms with Gasteiger partial charge < -0.3 is 4.42 Å². The number of nitrogens with zero attached hydrogens (tertiary/aromatic N) is 1. The van der Waals surface area contributed by atoms with Crippen molar-refractivity contribution < 1.29 is 13.4 Å². The molecule has 1 aliphatic rings. The molecule has 6 rings (SSSR count). The zero-order chi connectivity index (χ0) is 22.9. The second kappa shape index (κ2) is 6.89. The van der Waals surface area contributed by atoms with Crippen LogP contribution in [0.5, 0.6) is 0 Å². The van der Waals surface area contributed by atoms with Gasteiger partial charge in [0.2, 0.25) is 5.69 Å². The minimum atomic E-state index is -0.267. The molecule has 2 heterocycles. The topological polar surface area (TPSA) is 17.0 Å². The van der Waals surface area contributed by atoms with Crippen LogP contribution in [0.25, 0.3) is 50.4 Å². The third-order valence-corrected chi connectivity index (χ3v) is 7.01. The molecule has 2 aromatic heterocycles. The van der Waals surface area contributed by atoms with Crippen molar-refractivity contribution in [2.24, 2.45) is 7.05 Å². The molecule has 5 aromatic rings. The molecule has 162 valence electrons. The molecule has 33 heavy (non-hydrogen) atoms. The van der Waals surface area contributed by atoms with Crippen LogP contribution in [0.4, 0.5) is 4.39 Å². The summed E-state index contributed by atoms with van der Waals surface area (Å²) in [5, 5.41) is 1.93. The lowest BCUT2D eigenvalue weighted by atomic mass is 9.85. The van der Waals surface area contributed by atoms with Gasteiger partial charge in [-0.3, -0.25) is 0 Å². The fraction of sp³-hybridized carbons (Fsp3) is 0.167. The number of hydrogen-bond acceptors (Lipinski definition) is 1. The highest BCUT2D eigenvalue weighted by Gasteiger charge is 2.29. The van der Waals surface area contributed by atoms with Gasteiger partial charge in [0.25, 0.3) is 0 Å². The average Bonchev–Trinajstić information content (AvgIpc) is 3.31. The molecule has 0 saturated heterocycles. The maximum atomic E-state index is 15.5. The lowest BCUT2D eigenvalue weighted by molar-refractivity contribution is -0.660. The zero-order valence-corrected chi connectivity index (χ0v) is 19.2. The quantitative estimate of drug-likeness (QED) is 0.263. The first kappa shape index (κ1) is 19.9. The van der Waals surface area contributed by atoms with Crippen LogP contribution in [0.1, 0.15) is 30.5 Å². The van der Waals surface area contributed by atoms with Crippen molar-refractivity contribution in [1.82, 2.24) is 0 Å². The highest BCUT2D eigenvalue weighted by Crippen LogP contribution is 2.45. The first-order chi connectivity index (χ1) is 15.9. The summed E-state index contributed by atoms with van der Waals surface area (Å²) in [7, 11) is 2.03. The standard InChI is InChI=1S/C30H25FNO/c1-18-11-12-21-22-13-14-24(31)27(20-8-7-9-23-19(20)15-16-30(23,2)3)29(22)33-28(21)26(18)25-10-5-6-17-32(25)4/h5-17H,1-4H3/q+1. The van der Waals surface area contributed by atoms with Crippen LogP contribution in [0.3, 0.4) is 0 Å². The molecule has 0 atom stereocenters. The Hall–Kier alpha value is -3.72. The number of hydrogen-bond donors (Lipinski definition) is 0. The second-order valence-corrected chi connectivity index (χ2v) is 9.55. The molecule has 3 aromatic carbocycles. The molecule has 2 nitrogen and oxygen atoms in total. The van der Waals surface area contributed by atoms with E-state index in [1.165, 1.54) is 5.56 Å². The number of fused-ring (bicyclic) bond motifs is 4. The van der Waals surface area contributed by atoms with Crippen molar-refractivity contribution in [1.29, 1.82) is 0 Å². The van der Waals surface area contributed by atoms with E-state index in [-0.39, 0.29) is 11.2 Å². The highest BCUT2D eigenvalue weighted by molar-refractivity contribution is 6.13. The summed E-state index contributed by atoms with van der Waals surface area (Å²) in [5.74, 6) is -0.267. The van der Waals surface area contributed by atoms with Gasteiger partial charge in [-0.05, 0) is 47.4 Å². The lowest BCUT2D eigenvalue weighted by Gasteiger charge is -2.19. The molecule has 0 saturated carbocycles. The Balaban J connectivity index is 1.72. The molecule has 0 amide bonds. The lowest BCUT2D eigenvalue weighted by Crippen LogP contribution is -2.30. The van der Waals surface area contributed by atoms with Crippen LogP contribution < -0.4 is 4.57 Å². The Morgan fingerprint density at radius 3 is 2.39 bits per heavy atom. The average molecular weight is 435 g/mol. The van der Waals surface area contributed by atoms with Gasteiger partial charge in [0.05, 0.1) is 11.1 Å². The fourth-order valence-electron chi connectivity index (χ4n) is 5.24. The summed E-state index contributed by atoms with van der Waals surface area (Å²) >= 11 is 0. The molecule has 0 bridgehead atoms. The van der Waals surface area contributed by atoms with Crippen molar-refractivity contribution >= 4 is 28.0 Å².